The number of unbranched alkanes of at least 4 members (excludes halogenated alkanes) is 1. The number of benzene rings is 1. The highest BCUT2D eigenvalue weighted by Gasteiger charge is 2.00. The third kappa shape index (κ3) is 2.21. The standard InChI is InChI=1S/C11H15S/c1-3-4-6-10-7-5-8-11(12)9(10)2/h5,7-8H,3-4,6H2,1-2H3. The minimum Gasteiger partial charge on any atom is -0.0798 e. The molecule has 0 spiro atoms. The Labute approximate surface area is 80.4 Å². The van der Waals surface area contributed by atoms with Crippen molar-refractivity contribution >= 4 is 12.6 Å². The van der Waals surface area contributed by atoms with E-state index >= 15 is 0 Å². The van der Waals surface area contributed by atoms with Crippen LogP contribution in [0.15, 0.2) is 23.1 Å². The Hall–Kier alpha value is -0.560. The zero-order valence-corrected chi connectivity index (χ0v) is 8.58. The van der Waals surface area contributed by atoms with E-state index in [0.717, 1.165) is 4.90 Å². The van der Waals surface area contributed by atoms with Crippen molar-refractivity contribution in [2.75, 3.05) is 0 Å². The average Bonchev–Trinajstić information content (AvgIpc) is 2.08. The Bertz CT molecular complexity index is 253. The van der Waals surface area contributed by atoms with E-state index in [-0.39, 0.29) is 0 Å². The van der Waals surface area contributed by atoms with Crippen LogP contribution in [0.25, 0.3) is 0 Å². The molecule has 1 aromatic carbocycles. The van der Waals surface area contributed by atoms with Crippen molar-refractivity contribution in [3.63, 3.8) is 0 Å². The van der Waals surface area contributed by atoms with Gasteiger partial charge in [0.1, 0.15) is 0 Å². The van der Waals surface area contributed by atoms with E-state index < -0.39 is 0 Å². The van der Waals surface area contributed by atoms with Gasteiger partial charge in [-0.15, -0.1) is 0 Å². The van der Waals surface area contributed by atoms with Crippen molar-refractivity contribution in [3.8, 4) is 0 Å². The molecule has 1 rings (SSSR count). The molecule has 0 aliphatic rings. The fourth-order valence-corrected chi connectivity index (χ4v) is 1.51. The van der Waals surface area contributed by atoms with Crippen molar-refractivity contribution < 1.29 is 0 Å². The lowest BCUT2D eigenvalue weighted by Gasteiger charge is -2.05. The quantitative estimate of drug-likeness (QED) is 0.660. The van der Waals surface area contributed by atoms with E-state index in [0.29, 0.717) is 0 Å². The lowest BCUT2D eigenvalue weighted by molar-refractivity contribution is 0.789. The fraction of sp³-hybridized carbons (Fsp3) is 0.455. The minimum absolute atomic E-state index is 1.00. The number of rotatable bonds is 3. The Morgan fingerprint density at radius 2 is 2.08 bits per heavy atom. The second kappa shape index (κ2) is 4.46. The van der Waals surface area contributed by atoms with Gasteiger partial charge in [0.15, 0.2) is 0 Å². The Kier molecular flexibility index (Phi) is 3.54. The van der Waals surface area contributed by atoms with Gasteiger partial charge in [0, 0.05) is 4.90 Å². The minimum atomic E-state index is 1.00. The van der Waals surface area contributed by atoms with Gasteiger partial charge in [-0.3, -0.25) is 0 Å². The summed E-state index contributed by atoms with van der Waals surface area (Å²) in [6.07, 6.45) is 3.69. The molecule has 0 atom stereocenters. The van der Waals surface area contributed by atoms with Gasteiger partial charge in [-0.1, -0.05) is 38.1 Å². The first-order valence-corrected chi connectivity index (χ1v) is 4.92. The maximum absolute atomic E-state index is 5.19. The van der Waals surface area contributed by atoms with Crippen molar-refractivity contribution in [1.82, 2.24) is 0 Å². The lowest BCUT2D eigenvalue weighted by Crippen LogP contribution is -1.89. The summed E-state index contributed by atoms with van der Waals surface area (Å²) in [4.78, 5) is 1.00. The smallest absolute Gasteiger partial charge is 0.0409 e. The second-order valence-electron chi connectivity index (χ2n) is 3.14. The van der Waals surface area contributed by atoms with Crippen LogP contribution in [0.1, 0.15) is 30.9 Å². The van der Waals surface area contributed by atoms with Gasteiger partial charge in [0.05, 0.1) is 0 Å². The molecule has 0 nitrogen and oxygen atoms in total. The number of aryl methyl sites for hydroxylation is 1. The zero-order valence-electron chi connectivity index (χ0n) is 7.76. The van der Waals surface area contributed by atoms with Gasteiger partial charge >= 0.3 is 0 Å². The fourth-order valence-electron chi connectivity index (χ4n) is 1.30. The van der Waals surface area contributed by atoms with Crippen molar-refractivity contribution in [2.24, 2.45) is 0 Å². The van der Waals surface area contributed by atoms with E-state index in [1.54, 1.807) is 0 Å². The maximum Gasteiger partial charge on any atom is 0.0409 e. The van der Waals surface area contributed by atoms with E-state index in [9.17, 15) is 0 Å². The van der Waals surface area contributed by atoms with E-state index in [2.05, 4.69) is 26.0 Å². The summed E-state index contributed by atoms with van der Waals surface area (Å²) in [5.74, 6) is 0. The van der Waals surface area contributed by atoms with Gasteiger partial charge in [0.25, 0.3) is 0 Å². The third-order valence-electron chi connectivity index (χ3n) is 2.20. The summed E-state index contributed by atoms with van der Waals surface area (Å²) in [5, 5.41) is 0. The lowest BCUT2D eigenvalue weighted by atomic mass is 10.0. The van der Waals surface area contributed by atoms with E-state index in [1.807, 2.05) is 6.07 Å². The van der Waals surface area contributed by atoms with Crippen LogP contribution in [0.5, 0.6) is 0 Å². The first-order valence-electron chi connectivity index (χ1n) is 4.51. The molecule has 65 valence electrons. The molecule has 0 N–H and O–H groups in total. The predicted molar refractivity (Wildman–Crippen MR) is 55.6 cm³/mol. The molecule has 0 fully saturated rings. The largest absolute Gasteiger partial charge is 0.0798 e. The molecule has 0 saturated carbocycles. The van der Waals surface area contributed by atoms with Gasteiger partial charge in [-0.25, -0.2) is 0 Å². The molecular formula is C11H15S. The highest BCUT2D eigenvalue weighted by molar-refractivity contribution is 7.80. The maximum atomic E-state index is 5.19. The van der Waals surface area contributed by atoms with Crippen LogP contribution in [0.2, 0.25) is 0 Å². The SMILES string of the molecule is CCCCc1cccc([S])c1C. The molecule has 12 heavy (non-hydrogen) atoms. The Morgan fingerprint density at radius 1 is 1.33 bits per heavy atom. The molecule has 0 bridgehead atoms. The van der Waals surface area contributed by atoms with Crippen LogP contribution in [0.4, 0.5) is 0 Å². The number of hydrogen-bond donors (Lipinski definition) is 0. The van der Waals surface area contributed by atoms with E-state index in [4.69, 9.17) is 12.6 Å². The predicted octanol–water partition coefficient (Wildman–Crippen LogP) is 3.89. The molecule has 0 saturated heterocycles. The van der Waals surface area contributed by atoms with Gasteiger partial charge < -0.3 is 0 Å². The summed E-state index contributed by atoms with van der Waals surface area (Å²) in [7, 11) is 0. The van der Waals surface area contributed by atoms with Crippen LogP contribution >= 0.6 is 12.6 Å². The summed E-state index contributed by atoms with van der Waals surface area (Å²) in [6.45, 7) is 4.33. The second-order valence-corrected chi connectivity index (χ2v) is 3.58. The summed E-state index contributed by atoms with van der Waals surface area (Å²) in [5.41, 5.74) is 2.71. The van der Waals surface area contributed by atoms with Crippen molar-refractivity contribution in [3.05, 3.63) is 29.3 Å². The molecule has 0 aliphatic heterocycles. The topological polar surface area (TPSA) is 0 Å². The first kappa shape index (κ1) is 9.53. The molecule has 0 aromatic heterocycles. The monoisotopic (exact) mass is 179 g/mol. The normalized spacial score (nSPS) is 10.2. The molecule has 0 aliphatic carbocycles. The zero-order chi connectivity index (χ0) is 8.97. The summed E-state index contributed by atoms with van der Waals surface area (Å²) < 4.78 is 0. The van der Waals surface area contributed by atoms with Crippen LogP contribution in [0.3, 0.4) is 0 Å². The molecular weight excluding hydrogens is 164 g/mol. The third-order valence-corrected chi connectivity index (χ3v) is 2.64. The molecule has 0 amide bonds. The Balaban J connectivity index is 2.78. The molecule has 0 heterocycles. The van der Waals surface area contributed by atoms with Gasteiger partial charge in [-0.2, -0.15) is 0 Å². The summed E-state index contributed by atoms with van der Waals surface area (Å²) >= 11 is 5.19. The number of hydrogen-bond acceptors (Lipinski definition) is 0. The highest BCUT2D eigenvalue weighted by Crippen LogP contribution is 2.18. The van der Waals surface area contributed by atoms with Crippen molar-refractivity contribution in [1.29, 1.82) is 0 Å². The molecule has 0 unspecified atom stereocenters. The molecule has 1 aromatic rings. The summed E-state index contributed by atoms with van der Waals surface area (Å²) in [6, 6.07) is 6.24. The van der Waals surface area contributed by atoms with Crippen LogP contribution in [0, 0.1) is 6.92 Å². The van der Waals surface area contributed by atoms with E-state index in [1.165, 1.54) is 30.4 Å². The van der Waals surface area contributed by atoms with Gasteiger partial charge in [-0.05, 0) is 37.0 Å². The van der Waals surface area contributed by atoms with Crippen molar-refractivity contribution in [2.45, 2.75) is 38.0 Å². The first-order chi connectivity index (χ1) is 5.75. The molecule has 1 radical (unpaired) electrons. The average molecular weight is 179 g/mol. The van der Waals surface area contributed by atoms with Crippen LogP contribution < -0.4 is 0 Å². The van der Waals surface area contributed by atoms with Crippen LogP contribution in [-0.4, -0.2) is 0 Å². The van der Waals surface area contributed by atoms with Gasteiger partial charge in [0.2, 0.25) is 0 Å². The highest BCUT2D eigenvalue weighted by atomic mass is 32.1. The molecule has 1 heteroatoms. The Morgan fingerprint density at radius 3 is 2.75 bits per heavy atom. The van der Waals surface area contributed by atoms with Crippen LogP contribution in [-0.2, 0) is 6.42 Å².